The third-order valence-electron chi connectivity index (χ3n) is 5.63. The number of hydrogen-bond acceptors (Lipinski definition) is 8. The number of benzene rings is 1. The van der Waals surface area contributed by atoms with Crippen LogP contribution in [0.2, 0.25) is 0 Å². The van der Waals surface area contributed by atoms with Crippen LogP contribution in [0.25, 0.3) is 11.1 Å². The largest absolute Gasteiger partial charge is 0.473 e. The molecule has 3 N–H and O–H groups in total. The number of carboxylic acids is 2. The Labute approximate surface area is 226 Å². The molecule has 2 aromatic rings. The van der Waals surface area contributed by atoms with E-state index in [-0.39, 0.29) is 36.7 Å². The number of esters is 1. The average molecular weight is 549 g/mol. The Morgan fingerprint density at radius 3 is 2.08 bits per heavy atom. The predicted molar refractivity (Wildman–Crippen MR) is 145 cm³/mol. The monoisotopic (exact) mass is 548 g/mol. The Kier molecular flexibility index (Phi) is 11.0. The highest BCUT2D eigenvalue weighted by atomic mass is 32.1. The summed E-state index contributed by atoms with van der Waals surface area (Å²) in [5.74, 6) is -4.22. The van der Waals surface area contributed by atoms with Gasteiger partial charge in [0.15, 0.2) is 0 Å². The quantitative estimate of drug-likeness (QED) is 0.359. The molecule has 3 rings (SSSR count). The minimum absolute atomic E-state index is 0.0464. The summed E-state index contributed by atoms with van der Waals surface area (Å²) in [6, 6.07) is 8.21. The number of ether oxygens (including phenoxy) is 2. The number of nitrogens with one attached hydrogen (secondary N) is 1. The molecule has 0 bridgehead atoms. The number of nitrogens with zero attached hydrogens (tertiary/aromatic N) is 1. The molecule has 0 radical (unpaired) electrons. The van der Waals surface area contributed by atoms with E-state index in [0.717, 1.165) is 11.1 Å². The van der Waals surface area contributed by atoms with Gasteiger partial charge in [0.1, 0.15) is 10.6 Å². The van der Waals surface area contributed by atoms with Gasteiger partial charge in [-0.1, -0.05) is 45.0 Å². The topological polar surface area (TPSA) is 142 Å². The van der Waals surface area contributed by atoms with Crippen LogP contribution >= 0.6 is 11.3 Å². The summed E-state index contributed by atoms with van der Waals surface area (Å²) in [5, 5.41) is 20.2. The van der Waals surface area contributed by atoms with E-state index in [1.165, 1.54) is 16.9 Å². The first kappa shape index (κ1) is 30.9. The molecule has 10 nitrogen and oxygen atoms in total. The normalized spacial score (nSPS) is 17.6. The molecular formula is C27H36N2O8S. The van der Waals surface area contributed by atoms with E-state index in [2.05, 4.69) is 43.1 Å². The molecule has 1 aliphatic rings. The molecule has 2 heterocycles. The number of amides is 1. The second-order valence-electron chi connectivity index (χ2n) is 10.0. The van der Waals surface area contributed by atoms with Crippen LogP contribution in [0.3, 0.4) is 0 Å². The number of carboxylic acid groups (broad SMARTS) is 2. The Morgan fingerprint density at radius 1 is 1.05 bits per heavy atom. The van der Waals surface area contributed by atoms with E-state index < -0.39 is 17.9 Å². The van der Waals surface area contributed by atoms with Crippen molar-refractivity contribution < 1.29 is 38.9 Å². The number of hydrogen-bond donors (Lipinski definition) is 3. The summed E-state index contributed by atoms with van der Waals surface area (Å²) in [4.78, 5) is 45.9. The molecule has 1 aliphatic heterocycles. The Hall–Kier alpha value is -3.28. The van der Waals surface area contributed by atoms with E-state index in [9.17, 15) is 9.59 Å². The molecule has 2 unspecified atom stereocenters. The Bertz CT molecular complexity index is 1110. The molecular weight excluding hydrogens is 512 g/mol. The van der Waals surface area contributed by atoms with Crippen LogP contribution in [0.5, 0.6) is 0 Å². The van der Waals surface area contributed by atoms with Crippen molar-refractivity contribution in [1.82, 2.24) is 4.90 Å². The van der Waals surface area contributed by atoms with Crippen molar-refractivity contribution in [2.24, 2.45) is 0 Å². The highest BCUT2D eigenvalue weighted by molar-refractivity contribution is 7.15. The molecule has 1 fully saturated rings. The van der Waals surface area contributed by atoms with Gasteiger partial charge < -0.3 is 25.0 Å². The lowest BCUT2D eigenvalue weighted by atomic mass is 9.86. The van der Waals surface area contributed by atoms with Gasteiger partial charge in [0.05, 0.1) is 25.4 Å². The summed E-state index contributed by atoms with van der Waals surface area (Å²) in [5.41, 5.74) is 3.38. The van der Waals surface area contributed by atoms with Crippen molar-refractivity contribution in [3.05, 3.63) is 40.8 Å². The maximum atomic E-state index is 12.8. The van der Waals surface area contributed by atoms with Crippen LogP contribution in [-0.4, -0.2) is 77.4 Å². The molecule has 1 aromatic heterocycles. The maximum Gasteiger partial charge on any atom is 0.414 e. The zero-order valence-electron chi connectivity index (χ0n) is 22.6. The highest BCUT2D eigenvalue weighted by Gasteiger charge is 2.26. The first-order valence-electron chi connectivity index (χ1n) is 12.3. The first-order chi connectivity index (χ1) is 17.7. The number of morpholine rings is 1. The minimum Gasteiger partial charge on any atom is -0.473 e. The van der Waals surface area contributed by atoms with Crippen LogP contribution < -0.4 is 5.32 Å². The van der Waals surface area contributed by atoms with Crippen molar-refractivity contribution in [2.75, 3.05) is 31.6 Å². The van der Waals surface area contributed by atoms with Crippen molar-refractivity contribution in [3.63, 3.8) is 0 Å². The zero-order chi connectivity index (χ0) is 28.6. The van der Waals surface area contributed by atoms with Crippen molar-refractivity contribution in [2.45, 2.75) is 59.2 Å². The van der Waals surface area contributed by atoms with E-state index >= 15 is 0 Å². The van der Waals surface area contributed by atoms with Crippen LogP contribution in [0.4, 0.5) is 5.00 Å². The van der Waals surface area contributed by atoms with E-state index in [0.29, 0.717) is 23.7 Å². The van der Waals surface area contributed by atoms with Gasteiger partial charge >= 0.3 is 17.9 Å². The van der Waals surface area contributed by atoms with Crippen LogP contribution in [-0.2, 0) is 29.3 Å². The fourth-order valence-electron chi connectivity index (χ4n) is 4.00. The number of carbonyl (C=O) groups is 4. The number of aliphatic carboxylic acids is 2. The molecule has 1 aromatic carbocycles. The lowest BCUT2D eigenvalue weighted by Gasteiger charge is -2.34. The second-order valence-corrected chi connectivity index (χ2v) is 10.9. The number of carbonyl (C=O) groups excluding carboxylic acids is 2. The van der Waals surface area contributed by atoms with Gasteiger partial charge in [-0.25, -0.2) is 14.4 Å². The molecule has 1 saturated heterocycles. The van der Waals surface area contributed by atoms with Gasteiger partial charge in [-0.3, -0.25) is 9.69 Å². The Balaban J connectivity index is 0.000000757. The molecule has 38 heavy (non-hydrogen) atoms. The maximum absolute atomic E-state index is 12.8. The van der Waals surface area contributed by atoms with Gasteiger partial charge in [-0.05, 0) is 37.3 Å². The van der Waals surface area contributed by atoms with Gasteiger partial charge in [-0.15, -0.1) is 11.3 Å². The summed E-state index contributed by atoms with van der Waals surface area (Å²) in [6.45, 7) is 14.2. The molecule has 11 heteroatoms. The number of anilines is 1. The van der Waals surface area contributed by atoms with Gasteiger partial charge in [0.25, 0.3) is 0 Å². The van der Waals surface area contributed by atoms with Gasteiger partial charge in [0, 0.05) is 24.0 Å². The first-order valence-corrected chi connectivity index (χ1v) is 13.1. The van der Waals surface area contributed by atoms with Crippen LogP contribution in [0, 0.1) is 0 Å². The highest BCUT2D eigenvalue weighted by Crippen LogP contribution is 2.37. The van der Waals surface area contributed by atoms with Crippen molar-refractivity contribution in [1.29, 1.82) is 0 Å². The summed E-state index contributed by atoms with van der Waals surface area (Å²) in [7, 11) is 0. The smallest absolute Gasteiger partial charge is 0.414 e. The minimum atomic E-state index is -1.82. The van der Waals surface area contributed by atoms with Crippen molar-refractivity contribution in [3.8, 4) is 11.1 Å². The summed E-state index contributed by atoms with van der Waals surface area (Å²) >= 11 is 1.35. The SMILES string of the molecule is CCOC(=O)c1c(-c2ccc(C(C)(C)C)cc2)csc1NC(=O)CN1CC(C)OC(C)C1.O=C(O)C(=O)O. The molecule has 1 amide bonds. The third kappa shape index (κ3) is 8.93. The molecule has 208 valence electrons. The fourth-order valence-corrected chi connectivity index (χ4v) is 4.97. The molecule has 2 atom stereocenters. The fraction of sp³-hybridized carbons (Fsp3) is 0.481. The molecule has 0 spiro atoms. The standard InChI is InChI=1S/C25H34N2O4S.C2H2O4/c1-7-30-24(29)22-20(18-8-10-19(11-9-18)25(4,5)6)15-32-23(22)26-21(28)14-27-12-16(2)31-17(3)13-27;3-1(4)2(5)6/h8-11,15-17H,7,12-14H2,1-6H3,(H,26,28);(H,3,4)(H,5,6). The summed E-state index contributed by atoms with van der Waals surface area (Å²) < 4.78 is 11.1. The zero-order valence-corrected chi connectivity index (χ0v) is 23.4. The molecule has 0 saturated carbocycles. The predicted octanol–water partition coefficient (Wildman–Crippen LogP) is 4.09. The van der Waals surface area contributed by atoms with Crippen LogP contribution in [0.1, 0.15) is 57.5 Å². The second kappa shape index (κ2) is 13.5. The number of rotatable bonds is 6. The summed E-state index contributed by atoms with van der Waals surface area (Å²) in [6.07, 6.45) is 0.178. The van der Waals surface area contributed by atoms with E-state index in [1.807, 2.05) is 31.4 Å². The number of thiophene rings is 1. The Morgan fingerprint density at radius 2 is 1.61 bits per heavy atom. The van der Waals surface area contributed by atoms with Gasteiger partial charge in [0.2, 0.25) is 5.91 Å². The molecule has 0 aliphatic carbocycles. The lowest BCUT2D eigenvalue weighted by molar-refractivity contribution is -0.159. The van der Waals surface area contributed by atoms with E-state index in [4.69, 9.17) is 29.3 Å². The average Bonchev–Trinajstić information content (AvgIpc) is 3.21. The van der Waals surface area contributed by atoms with Crippen LogP contribution in [0.15, 0.2) is 29.6 Å². The van der Waals surface area contributed by atoms with E-state index in [1.54, 1.807) is 6.92 Å². The van der Waals surface area contributed by atoms with Crippen molar-refractivity contribution >= 4 is 40.2 Å². The van der Waals surface area contributed by atoms with Gasteiger partial charge in [-0.2, -0.15) is 0 Å². The third-order valence-corrected chi connectivity index (χ3v) is 6.53. The lowest BCUT2D eigenvalue weighted by Crippen LogP contribution is -2.48.